The van der Waals surface area contributed by atoms with E-state index in [4.69, 9.17) is 20.9 Å². The summed E-state index contributed by atoms with van der Waals surface area (Å²) in [6, 6.07) is 0. The van der Waals surface area contributed by atoms with Gasteiger partial charge in [0.05, 0.1) is 6.10 Å². The van der Waals surface area contributed by atoms with E-state index in [1.165, 1.54) is 7.11 Å². The maximum absolute atomic E-state index is 9.60. The highest BCUT2D eigenvalue weighted by molar-refractivity contribution is 8.77. The molecule has 1 N–H and O–H groups in total. The van der Waals surface area contributed by atoms with Crippen molar-refractivity contribution in [2.24, 2.45) is 0 Å². The molecular weight excluding hydrogens is 259 g/mol. The highest BCUT2D eigenvalue weighted by atomic mass is 33.1. The molecule has 1 unspecified atom stereocenters. The standard InChI is InChI=1S/C7H15O3PS3/c1-5-6(7(2,3)14-13-5)10-11(8,12)9-4/h5-6H,1-4H3,(H,8,12)/t5-,6+,11?/m0/s1. The van der Waals surface area contributed by atoms with Gasteiger partial charge in [0.25, 0.3) is 0 Å². The fourth-order valence-electron chi connectivity index (χ4n) is 1.26. The molecule has 0 aromatic heterocycles. The maximum Gasteiger partial charge on any atom is 0.324 e. The molecule has 3 atom stereocenters. The molecule has 0 amide bonds. The lowest BCUT2D eigenvalue weighted by Crippen LogP contribution is -2.35. The van der Waals surface area contributed by atoms with Gasteiger partial charge in [-0.05, 0) is 32.6 Å². The molecule has 0 aromatic rings. The molecule has 0 bridgehead atoms. The van der Waals surface area contributed by atoms with E-state index in [1.54, 1.807) is 21.6 Å². The summed E-state index contributed by atoms with van der Waals surface area (Å²) < 4.78 is 10.2. The van der Waals surface area contributed by atoms with E-state index >= 15 is 0 Å². The van der Waals surface area contributed by atoms with E-state index in [0.717, 1.165) is 0 Å². The lowest BCUT2D eigenvalue weighted by Gasteiger charge is -2.29. The largest absolute Gasteiger partial charge is 0.324 e. The molecule has 1 fully saturated rings. The van der Waals surface area contributed by atoms with Crippen LogP contribution in [0.5, 0.6) is 0 Å². The molecule has 0 aromatic carbocycles. The van der Waals surface area contributed by atoms with Gasteiger partial charge in [-0.1, -0.05) is 21.6 Å². The molecule has 0 radical (unpaired) electrons. The summed E-state index contributed by atoms with van der Waals surface area (Å²) in [6.45, 7) is 3.21. The van der Waals surface area contributed by atoms with Crippen molar-refractivity contribution in [2.75, 3.05) is 7.11 Å². The summed E-state index contributed by atoms with van der Waals surface area (Å²) in [4.78, 5) is 9.60. The van der Waals surface area contributed by atoms with Crippen molar-refractivity contribution >= 4 is 40.1 Å². The third-order valence-corrected chi connectivity index (χ3v) is 7.46. The minimum absolute atomic E-state index is 0.0323. The van der Waals surface area contributed by atoms with Crippen molar-refractivity contribution in [1.29, 1.82) is 0 Å². The SMILES string of the molecule is COP(O)(=S)O[C@@H]1[C@H](C)SSC1(C)C. The van der Waals surface area contributed by atoms with Gasteiger partial charge in [-0.2, -0.15) is 0 Å². The van der Waals surface area contributed by atoms with Crippen molar-refractivity contribution in [3.63, 3.8) is 0 Å². The molecule has 0 saturated carbocycles. The zero-order valence-corrected chi connectivity index (χ0v) is 11.9. The van der Waals surface area contributed by atoms with Crippen LogP contribution in [0.4, 0.5) is 0 Å². The summed E-state index contributed by atoms with van der Waals surface area (Å²) in [5, 5.41) is 0.319. The summed E-state index contributed by atoms with van der Waals surface area (Å²) in [6.07, 6.45) is -0.0618. The van der Waals surface area contributed by atoms with Gasteiger partial charge in [-0.25, -0.2) is 0 Å². The number of hydrogen-bond acceptors (Lipinski definition) is 5. The first kappa shape index (κ1) is 13.3. The summed E-state index contributed by atoms with van der Waals surface area (Å²) >= 11 is 4.84. The molecule has 0 aliphatic carbocycles. The van der Waals surface area contributed by atoms with E-state index in [-0.39, 0.29) is 10.9 Å². The third kappa shape index (κ3) is 3.11. The van der Waals surface area contributed by atoms with Gasteiger partial charge in [0.2, 0.25) is 0 Å². The van der Waals surface area contributed by atoms with Gasteiger partial charge in [0, 0.05) is 17.1 Å². The van der Waals surface area contributed by atoms with Crippen molar-refractivity contribution in [3.05, 3.63) is 0 Å². The summed E-state index contributed by atoms with van der Waals surface area (Å²) in [5.41, 5.74) is 0. The Balaban J connectivity index is 2.72. The minimum Gasteiger partial charge on any atom is -0.324 e. The molecule has 14 heavy (non-hydrogen) atoms. The topological polar surface area (TPSA) is 38.7 Å². The lowest BCUT2D eigenvalue weighted by atomic mass is 10.0. The lowest BCUT2D eigenvalue weighted by molar-refractivity contribution is 0.135. The van der Waals surface area contributed by atoms with Crippen molar-refractivity contribution in [3.8, 4) is 0 Å². The first-order valence-electron chi connectivity index (χ1n) is 4.20. The monoisotopic (exact) mass is 274 g/mol. The van der Waals surface area contributed by atoms with Gasteiger partial charge < -0.3 is 13.9 Å². The molecule has 1 aliphatic rings. The van der Waals surface area contributed by atoms with Crippen LogP contribution in [0.3, 0.4) is 0 Å². The highest BCUT2D eigenvalue weighted by Crippen LogP contribution is 2.57. The van der Waals surface area contributed by atoms with Gasteiger partial charge in [0.15, 0.2) is 0 Å². The van der Waals surface area contributed by atoms with Crippen molar-refractivity contribution < 1.29 is 13.9 Å². The minimum atomic E-state index is -3.03. The zero-order valence-electron chi connectivity index (χ0n) is 8.59. The molecule has 3 nitrogen and oxygen atoms in total. The Kier molecular flexibility index (Phi) is 4.38. The smallest absolute Gasteiger partial charge is 0.324 e. The number of hydrogen-bond donors (Lipinski definition) is 1. The van der Waals surface area contributed by atoms with Gasteiger partial charge in [-0.3, -0.25) is 0 Å². The molecule has 1 aliphatic heterocycles. The van der Waals surface area contributed by atoms with Gasteiger partial charge in [0.1, 0.15) is 0 Å². The Labute approximate surface area is 98.0 Å². The van der Waals surface area contributed by atoms with E-state index in [1.807, 2.05) is 0 Å². The fraction of sp³-hybridized carbons (Fsp3) is 1.00. The molecule has 1 heterocycles. The molecular formula is C7H15O3PS3. The quantitative estimate of drug-likeness (QED) is 0.630. The Hall–Kier alpha value is 1.23. The van der Waals surface area contributed by atoms with Crippen LogP contribution >= 0.6 is 28.3 Å². The zero-order chi connectivity index (χ0) is 11.0. The van der Waals surface area contributed by atoms with Crippen LogP contribution in [0.25, 0.3) is 0 Å². The first-order chi connectivity index (χ1) is 6.28. The summed E-state index contributed by atoms with van der Waals surface area (Å²) in [5.74, 6) is 0. The van der Waals surface area contributed by atoms with Crippen molar-refractivity contribution in [1.82, 2.24) is 0 Å². The predicted molar refractivity (Wildman–Crippen MR) is 67.1 cm³/mol. The molecule has 1 saturated heterocycles. The molecule has 7 heteroatoms. The van der Waals surface area contributed by atoms with Crippen molar-refractivity contribution in [2.45, 2.75) is 36.9 Å². The fourth-order valence-corrected chi connectivity index (χ4v) is 5.63. The predicted octanol–water partition coefficient (Wildman–Crippen LogP) is 2.80. The Morgan fingerprint density at radius 2 is 2.07 bits per heavy atom. The van der Waals surface area contributed by atoms with E-state index in [9.17, 15) is 4.89 Å². The highest BCUT2D eigenvalue weighted by Gasteiger charge is 2.45. The van der Waals surface area contributed by atoms with Gasteiger partial charge in [-0.15, -0.1) is 0 Å². The Bertz CT molecular complexity index is 259. The van der Waals surface area contributed by atoms with Crippen LogP contribution in [0.2, 0.25) is 0 Å². The van der Waals surface area contributed by atoms with Crippen LogP contribution in [-0.2, 0) is 20.9 Å². The van der Waals surface area contributed by atoms with Crippen LogP contribution in [0.1, 0.15) is 20.8 Å². The van der Waals surface area contributed by atoms with Crippen LogP contribution in [0.15, 0.2) is 0 Å². The molecule has 84 valence electrons. The van der Waals surface area contributed by atoms with Crippen LogP contribution in [0, 0.1) is 0 Å². The molecule has 0 spiro atoms. The van der Waals surface area contributed by atoms with E-state index in [0.29, 0.717) is 5.25 Å². The average Bonchev–Trinajstić information content (AvgIpc) is 2.32. The first-order valence-corrected chi connectivity index (χ1v) is 9.00. The second-order valence-electron chi connectivity index (χ2n) is 3.67. The molecule has 1 rings (SSSR count). The second kappa shape index (κ2) is 4.62. The maximum atomic E-state index is 9.60. The number of rotatable bonds is 3. The van der Waals surface area contributed by atoms with Crippen LogP contribution in [-0.4, -0.2) is 28.1 Å². The van der Waals surface area contributed by atoms with E-state index in [2.05, 4.69) is 20.8 Å². The van der Waals surface area contributed by atoms with E-state index < -0.39 is 6.72 Å². The summed E-state index contributed by atoms with van der Waals surface area (Å²) in [7, 11) is 4.91. The third-order valence-electron chi connectivity index (χ3n) is 2.00. The average molecular weight is 274 g/mol. The second-order valence-corrected chi connectivity index (χ2v) is 9.79. The van der Waals surface area contributed by atoms with Gasteiger partial charge >= 0.3 is 6.72 Å². The Morgan fingerprint density at radius 3 is 2.43 bits per heavy atom. The Morgan fingerprint density at radius 1 is 1.50 bits per heavy atom. The normalized spacial score (nSPS) is 35.5. The van der Waals surface area contributed by atoms with Crippen LogP contribution < -0.4 is 0 Å².